The quantitative estimate of drug-likeness (QED) is 0.883. The summed E-state index contributed by atoms with van der Waals surface area (Å²) in [5.41, 5.74) is 0.323. The predicted octanol–water partition coefficient (Wildman–Crippen LogP) is 4.46. The molecule has 0 aromatic carbocycles. The van der Waals surface area contributed by atoms with Crippen LogP contribution in [0, 0.1) is 0 Å². The number of rotatable bonds is 4. The molecule has 0 bridgehead atoms. The number of nitrogens with one attached hydrogen (secondary N) is 1. The predicted molar refractivity (Wildman–Crippen MR) is 87.8 cm³/mol. The van der Waals surface area contributed by atoms with Crippen LogP contribution < -0.4 is 5.32 Å². The molecule has 1 aromatic rings. The van der Waals surface area contributed by atoms with Crippen LogP contribution in [0.1, 0.15) is 55.9 Å². The van der Waals surface area contributed by atoms with Gasteiger partial charge >= 0.3 is 0 Å². The van der Waals surface area contributed by atoms with E-state index in [4.69, 9.17) is 11.6 Å². The molecule has 0 radical (unpaired) electrons. The Bertz CT molecular complexity index is 433. The van der Waals surface area contributed by atoms with Gasteiger partial charge in [0.05, 0.1) is 10.4 Å². The number of nitrogens with zero attached hydrogens (tertiary/aromatic N) is 1. The topological polar surface area (TPSA) is 15.3 Å². The van der Waals surface area contributed by atoms with Crippen LogP contribution in [-0.4, -0.2) is 30.6 Å². The molecule has 1 N–H and O–H groups in total. The van der Waals surface area contributed by atoms with Crippen molar-refractivity contribution < 1.29 is 0 Å². The number of likely N-dealkylation sites (N-methyl/N-ethyl adjacent to an activating group) is 1. The van der Waals surface area contributed by atoms with Crippen molar-refractivity contribution in [3.05, 3.63) is 21.3 Å². The summed E-state index contributed by atoms with van der Waals surface area (Å²) in [4.78, 5) is 4.20. The van der Waals surface area contributed by atoms with Gasteiger partial charge in [0, 0.05) is 10.4 Å². The molecule has 1 aromatic heterocycles. The SMILES string of the molecule is CNC(c1ccc(Cl)s1)C1(N2CCCCC2)CCCC1. The van der Waals surface area contributed by atoms with Crippen molar-refractivity contribution in [2.75, 3.05) is 20.1 Å². The summed E-state index contributed by atoms with van der Waals surface area (Å²) in [6, 6.07) is 4.70. The zero-order valence-corrected chi connectivity index (χ0v) is 13.9. The van der Waals surface area contributed by atoms with E-state index in [0.717, 1.165) is 4.34 Å². The van der Waals surface area contributed by atoms with Gasteiger partial charge in [-0.1, -0.05) is 30.9 Å². The second kappa shape index (κ2) is 6.35. The molecular formula is C16H25ClN2S. The van der Waals surface area contributed by atoms with Gasteiger partial charge in [-0.25, -0.2) is 0 Å². The normalized spacial score (nSPS) is 24.9. The van der Waals surface area contributed by atoms with Gasteiger partial charge < -0.3 is 5.32 Å². The van der Waals surface area contributed by atoms with E-state index in [2.05, 4.69) is 23.3 Å². The summed E-state index contributed by atoms with van der Waals surface area (Å²) in [6.45, 7) is 2.55. The average Bonchev–Trinajstić information content (AvgIpc) is 3.12. The molecule has 1 saturated heterocycles. The standard InChI is InChI=1S/C16H25ClN2S/c1-18-15(13-7-8-14(17)20-13)16(9-3-4-10-16)19-11-5-2-6-12-19/h7-8,15,18H,2-6,9-12H2,1H3. The average molecular weight is 313 g/mol. The molecule has 1 unspecified atom stereocenters. The highest BCUT2D eigenvalue weighted by Crippen LogP contribution is 2.47. The van der Waals surface area contributed by atoms with Crippen LogP contribution in [0.15, 0.2) is 12.1 Å². The number of piperidine rings is 1. The monoisotopic (exact) mass is 312 g/mol. The van der Waals surface area contributed by atoms with Gasteiger partial charge in [0.2, 0.25) is 0 Å². The summed E-state index contributed by atoms with van der Waals surface area (Å²) in [5, 5.41) is 3.62. The number of halogens is 1. The molecule has 0 spiro atoms. The van der Waals surface area contributed by atoms with Crippen LogP contribution in [0.4, 0.5) is 0 Å². The molecule has 1 atom stereocenters. The number of hydrogen-bond donors (Lipinski definition) is 1. The molecule has 0 amide bonds. The Morgan fingerprint density at radius 1 is 1.15 bits per heavy atom. The first-order valence-corrected chi connectivity index (χ1v) is 9.13. The third-order valence-electron chi connectivity index (χ3n) is 5.16. The van der Waals surface area contributed by atoms with Crippen LogP contribution in [0.25, 0.3) is 0 Å². The molecule has 2 heterocycles. The van der Waals surface area contributed by atoms with Crippen molar-refractivity contribution in [3.63, 3.8) is 0 Å². The van der Waals surface area contributed by atoms with Gasteiger partial charge in [-0.05, 0) is 58.0 Å². The summed E-state index contributed by atoms with van der Waals surface area (Å²) in [7, 11) is 2.11. The van der Waals surface area contributed by atoms with Gasteiger partial charge in [-0.2, -0.15) is 0 Å². The smallest absolute Gasteiger partial charge is 0.0931 e. The highest BCUT2D eigenvalue weighted by Gasteiger charge is 2.46. The van der Waals surface area contributed by atoms with E-state index in [1.807, 2.05) is 6.07 Å². The Hall–Kier alpha value is -0.0900. The zero-order valence-electron chi connectivity index (χ0n) is 12.3. The molecule has 3 rings (SSSR count). The maximum absolute atomic E-state index is 6.18. The van der Waals surface area contributed by atoms with E-state index in [9.17, 15) is 0 Å². The van der Waals surface area contributed by atoms with Gasteiger partial charge in [-0.15, -0.1) is 11.3 Å². The van der Waals surface area contributed by atoms with E-state index in [-0.39, 0.29) is 0 Å². The second-order valence-electron chi connectivity index (χ2n) is 6.22. The first-order chi connectivity index (χ1) is 9.76. The second-order valence-corrected chi connectivity index (χ2v) is 7.97. The molecule has 4 heteroatoms. The van der Waals surface area contributed by atoms with Crippen molar-refractivity contribution in [2.24, 2.45) is 0 Å². The van der Waals surface area contributed by atoms with Gasteiger partial charge in [0.15, 0.2) is 0 Å². The maximum atomic E-state index is 6.18. The van der Waals surface area contributed by atoms with Crippen molar-refractivity contribution in [1.29, 1.82) is 0 Å². The minimum Gasteiger partial charge on any atom is -0.311 e. The third kappa shape index (κ3) is 2.66. The van der Waals surface area contributed by atoms with Gasteiger partial charge in [0.25, 0.3) is 0 Å². The largest absolute Gasteiger partial charge is 0.311 e. The van der Waals surface area contributed by atoms with Crippen LogP contribution in [0.3, 0.4) is 0 Å². The molecular weight excluding hydrogens is 288 g/mol. The lowest BCUT2D eigenvalue weighted by atomic mass is 9.83. The molecule has 2 aliphatic rings. The Balaban J connectivity index is 1.91. The fourth-order valence-electron chi connectivity index (χ4n) is 4.27. The van der Waals surface area contributed by atoms with Crippen molar-refractivity contribution in [1.82, 2.24) is 10.2 Å². The van der Waals surface area contributed by atoms with Crippen molar-refractivity contribution in [2.45, 2.75) is 56.5 Å². The molecule has 2 fully saturated rings. The van der Waals surface area contributed by atoms with Crippen molar-refractivity contribution >= 4 is 22.9 Å². The molecule has 1 saturated carbocycles. The van der Waals surface area contributed by atoms with E-state index in [1.165, 1.54) is 62.9 Å². The fraction of sp³-hybridized carbons (Fsp3) is 0.750. The number of likely N-dealkylation sites (tertiary alicyclic amines) is 1. The molecule has 1 aliphatic heterocycles. The zero-order chi connectivity index (χ0) is 14.0. The molecule has 112 valence electrons. The van der Waals surface area contributed by atoms with Gasteiger partial charge in [0.1, 0.15) is 0 Å². The fourth-order valence-corrected chi connectivity index (χ4v) is 5.56. The van der Waals surface area contributed by atoms with Crippen LogP contribution in [0.5, 0.6) is 0 Å². The van der Waals surface area contributed by atoms with Crippen LogP contribution in [-0.2, 0) is 0 Å². The molecule has 2 nitrogen and oxygen atoms in total. The van der Waals surface area contributed by atoms with Crippen LogP contribution >= 0.6 is 22.9 Å². The van der Waals surface area contributed by atoms with E-state index in [1.54, 1.807) is 11.3 Å². The first kappa shape index (κ1) is 14.8. The van der Waals surface area contributed by atoms with E-state index < -0.39 is 0 Å². The third-order valence-corrected chi connectivity index (χ3v) is 6.46. The highest BCUT2D eigenvalue weighted by molar-refractivity contribution is 7.16. The number of thiophene rings is 1. The minimum absolute atomic E-state index is 0.323. The van der Waals surface area contributed by atoms with E-state index >= 15 is 0 Å². The lowest BCUT2D eigenvalue weighted by Gasteiger charge is -2.48. The maximum Gasteiger partial charge on any atom is 0.0931 e. The molecule has 1 aliphatic carbocycles. The summed E-state index contributed by atoms with van der Waals surface area (Å²) in [6.07, 6.45) is 9.53. The molecule has 20 heavy (non-hydrogen) atoms. The first-order valence-electron chi connectivity index (χ1n) is 7.94. The Labute approximate surface area is 131 Å². The van der Waals surface area contributed by atoms with E-state index in [0.29, 0.717) is 11.6 Å². The van der Waals surface area contributed by atoms with Crippen molar-refractivity contribution in [3.8, 4) is 0 Å². The summed E-state index contributed by atoms with van der Waals surface area (Å²) < 4.78 is 0.909. The highest BCUT2D eigenvalue weighted by atomic mass is 35.5. The van der Waals surface area contributed by atoms with Gasteiger partial charge in [-0.3, -0.25) is 4.90 Å². The summed E-state index contributed by atoms with van der Waals surface area (Å²) in [5.74, 6) is 0. The lowest BCUT2D eigenvalue weighted by Crippen LogP contribution is -2.55. The Morgan fingerprint density at radius 3 is 2.40 bits per heavy atom. The Kier molecular flexibility index (Phi) is 4.71. The lowest BCUT2D eigenvalue weighted by molar-refractivity contribution is 0.0394. The number of hydrogen-bond acceptors (Lipinski definition) is 3. The summed E-state index contributed by atoms with van der Waals surface area (Å²) >= 11 is 7.92. The van der Waals surface area contributed by atoms with Crippen LogP contribution in [0.2, 0.25) is 4.34 Å². The minimum atomic E-state index is 0.323. The Morgan fingerprint density at radius 2 is 1.85 bits per heavy atom.